The van der Waals surface area contributed by atoms with Crippen LogP contribution < -0.4 is 15.5 Å². The van der Waals surface area contributed by atoms with Crippen LogP contribution >= 0.6 is 0 Å². The molecule has 2 fully saturated rings. The molecule has 0 radical (unpaired) electrons. The second-order valence-electron chi connectivity index (χ2n) is 10.7. The van der Waals surface area contributed by atoms with E-state index in [4.69, 9.17) is 4.74 Å². The van der Waals surface area contributed by atoms with Crippen molar-refractivity contribution in [3.8, 4) is 0 Å². The van der Waals surface area contributed by atoms with Crippen LogP contribution in [0.3, 0.4) is 0 Å². The van der Waals surface area contributed by atoms with Crippen molar-refractivity contribution in [3.05, 3.63) is 71.2 Å². The highest BCUT2D eigenvalue weighted by Crippen LogP contribution is 2.36. The minimum absolute atomic E-state index is 0.0403. The first-order valence-corrected chi connectivity index (χ1v) is 13.6. The first kappa shape index (κ1) is 25.4. The van der Waals surface area contributed by atoms with E-state index in [1.807, 2.05) is 31.3 Å². The van der Waals surface area contributed by atoms with E-state index in [0.717, 1.165) is 55.5 Å². The number of nitrogens with one attached hydrogen (secondary N) is 2. The molecule has 2 aromatic carbocycles. The molecule has 0 bridgehead atoms. The number of carbonyl (C=O) groups is 2. The number of fused-ring (bicyclic) bond motifs is 2. The van der Waals surface area contributed by atoms with Crippen molar-refractivity contribution in [2.75, 3.05) is 29.9 Å². The monoisotopic (exact) mass is 532 g/mol. The molecule has 2 aliphatic heterocycles. The summed E-state index contributed by atoms with van der Waals surface area (Å²) >= 11 is 0. The van der Waals surface area contributed by atoms with Crippen molar-refractivity contribution in [2.24, 2.45) is 13.0 Å². The smallest absolute Gasteiger partial charge is 0.407 e. The van der Waals surface area contributed by atoms with Crippen LogP contribution in [0.2, 0.25) is 0 Å². The van der Waals surface area contributed by atoms with E-state index in [0.29, 0.717) is 11.3 Å². The predicted octanol–water partition coefficient (Wildman–Crippen LogP) is 4.56. The van der Waals surface area contributed by atoms with Crippen molar-refractivity contribution in [1.82, 2.24) is 20.0 Å². The average molecular weight is 533 g/mol. The first-order chi connectivity index (χ1) is 18.9. The Balaban J connectivity index is 1.08. The molecule has 3 aromatic rings. The zero-order valence-corrected chi connectivity index (χ0v) is 22.0. The molecule has 9 nitrogen and oxygen atoms in total. The second kappa shape index (κ2) is 10.7. The number of hydrogen-bond donors (Lipinski definition) is 2. The van der Waals surface area contributed by atoms with Gasteiger partial charge in [-0.15, -0.1) is 0 Å². The molecule has 1 aliphatic carbocycles. The fourth-order valence-electron chi connectivity index (χ4n) is 5.37. The lowest BCUT2D eigenvalue weighted by molar-refractivity contribution is 0.0493. The molecule has 39 heavy (non-hydrogen) atoms. The molecule has 2 amide bonds. The van der Waals surface area contributed by atoms with Gasteiger partial charge in [-0.1, -0.05) is 18.2 Å². The number of likely N-dealkylation sites (tertiary alicyclic amines) is 1. The molecule has 204 valence electrons. The van der Waals surface area contributed by atoms with Gasteiger partial charge in [-0.25, -0.2) is 9.18 Å². The molecular formula is C29H33FN6O3. The number of para-hydroxylation sites is 2. The van der Waals surface area contributed by atoms with E-state index >= 15 is 4.39 Å². The number of hydrogen-bond acceptors (Lipinski definition) is 6. The average Bonchev–Trinajstić information content (AvgIpc) is 3.72. The van der Waals surface area contributed by atoms with Crippen molar-refractivity contribution >= 4 is 29.2 Å². The summed E-state index contributed by atoms with van der Waals surface area (Å²) in [6.45, 7) is 3.43. The summed E-state index contributed by atoms with van der Waals surface area (Å²) in [6, 6.07) is 11.8. The number of carbonyl (C=O) groups excluding carboxylic acids is 2. The van der Waals surface area contributed by atoms with Crippen molar-refractivity contribution in [2.45, 2.75) is 44.9 Å². The number of ether oxygens (including phenoxy) is 1. The Labute approximate surface area is 226 Å². The molecule has 3 aliphatic rings. The van der Waals surface area contributed by atoms with E-state index in [1.165, 1.54) is 25.0 Å². The number of nitrogens with zero attached hydrogens (tertiary/aromatic N) is 4. The molecule has 2 N–H and O–H groups in total. The number of aryl methyl sites for hydroxylation is 1. The lowest BCUT2D eigenvalue weighted by Gasteiger charge is -2.31. The molecule has 0 atom stereocenters. The quantitative estimate of drug-likeness (QED) is 0.484. The van der Waals surface area contributed by atoms with Crippen LogP contribution in [-0.4, -0.2) is 52.4 Å². The molecule has 1 saturated carbocycles. The third kappa shape index (κ3) is 5.61. The number of aromatic nitrogens is 2. The van der Waals surface area contributed by atoms with Gasteiger partial charge in [0, 0.05) is 38.8 Å². The molecule has 6 rings (SSSR count). The van der Waals surface area contributed by atoms with Gasteiger partial charge < -0.3 is 25.2 Å². The zero-order valence-electron chi connectivity index (χ0n) is 22.0. The van der Waals surface area contributed by atoms with Crippen molar-refractivity contribution < 1.29 is 18.7 Å². The van der Waals surface area contributed by atoms with E-state index in [-0.39, 0.29) is 24.8 Å². The summed E-state index contributed by atoms with van der Waals surface area (Å²) in [5.41, 5.74) is 2.73. The number of halogens is 1. The third-order valence-electron chi connectivity index (χ3n) is 7.76. The van der Waals surface area contributed by atoms with Crippen molar-refractivity contribution in [3.63, 3.8) is 0 Å². The number of amides is 2. The molecule has 3 heterocycles. The van der Waals surface area contributed by atoms with E-state index in [2.05, 4.69) is 20.6 Å². The Hall–Kier alpha value is -3.92. The van der Waals surface area contributed by atoms with Gasteiger partial charge in [0.25, 0.3) is 5.91 Å². The predicted molar refractivity (Wildman–Crippen MR) is 145 cm³/mol. The highest BCUT2D eigenvalue weighted by Gasteiger charge is 2.29. The second-order valence-corrected chi connectivity index (χ2v) is 10.7. The highest BCUT2D eigenvalue weighted by atomic mass is 19.1. The van der Waals surface area contributed by atoms with Gasteiger partial charge in [-0.3, -0.25) is 9.48 Å². The maximum Gasteiger partial charge on any atom is 0.407 e. The molecule has 0 unspecified atom stereocenters. The first-order valence-electron chi connectivity index (χ1n) is 13.6. The molecule has 0 spiro atoms. The van der Waals surface area contributed by atoms with Crippen LogP contribution in [0.1, 0.15) is 47.2 Å². The van der Waals surface area contributed by atoms with Crippen LogP contribution in [0.5, 0.6) is 0 Å². The minimum atomic E-state index is -0.642. The molecule has 1 aromatic heterocycles. The van der Waals surface area contributed by atoms with Gasteiger partial charge in [-0.05, 0) is 61.4 Å². The maximum absolute atomic E-state index is 15.2. The Bertz CT molecular complexity index is 1380. The van der Waals surface area contributed by atoms with Gasteiger partial charge in [0.15, 0.2) is 0 Å². The van der Waals surface area contributed by atoms with Crippen molar-refractivity contribution in [1.29, 1.82) is 0 Å². The summed E-state index contributed by atoms with van der Waals surface area (Å²) in [4.78, 5) is 29.9. The fourth-order valence-corrected chi connectivity index (χ4v) is 5.37. The Morgan fingerprint density at radius 2 is 1.92 bits per heavy atom. The molecule has 1 saturated heterocycles. The normalized spacial score (nSPS) is 17.5. The van der Waals surface area contributed by atoms with Crippen LogP contribution in [0, 0.1) is 11.7 Å². The lowest BCUT2D eigenvalue weighted by Crippen LogP contribution is -2.40. The largest absolute Gasteiger partial charge is 0.446 e. The standard InChI is InChI=1S/C29H33FN6O3/c1-34-27-21(16-32-34)18-36(26-5-3-2-4-25(26)33-27)28(37)23-9-8-20(14-24(23)30)15-31-29(38)39-22-10-12-35(13-11-22)17-19-6-7-19/h2-5,8-9,14,16,19,22,33H,6-7,10-13,15,17-18H2,1H3,(H,31,38). The van der Waals surface area contributed by atoms with Gasteiger partial charge in [0.1, 0.15) is 17.7 Å². The summed E-state index contributed by atoms with van der Waals surface area (Å²) in [5.74, 6) is 0.552. The summed E-state index contributed by atoms with van der Waals surface area (Å²) in [6.07, 6.45) is 5.45. The number of alkyl carbamates (subject to hydrolysis) is 1. The number of anilines is 3. The van der Waals surface area contributed by atoms with Crippen LogP contribution in [-0.2, 0) is 24.9 Å². The van der Waals surface area contributed by atoms with E-state index in [1.54, 1.807) is 21.8 Å². The lowest BCUT2D eigenvalue weighted by atomic mass is 10.1. The maximum atomic E-state index is 15.2. The van der Waals surface area contributed by atoms with Gasteiger partial charge in [-0.2, -0.15) is 5.10 Å². The van der Waals surface area contributed by atoms with Crippen LogP contribution in [0.4, 0.5) is 26.4 Å². The number of piperidine rings is 1. The summed E-state index contributed by atoms with van der Waals surface area (Å²) < 4.78 is 22.5. The number of benzene rings is 2. The Morgan fingerprint density at radius 3 is 2.69 bits per heavy atom. The van der Waals surface area contributed by atoms with Gasteiger partial charge >= 0.3 is 6.09 Å². The number of rotatable bonds is 6. The van der Waals surface area contributed by atoms with Crippen LogP contribution in [0.15, 0.2) is 48.7 Å². The summed E-state index contributed by atoms with van der Waals surface area (Å²) in [5, 5.41) is 10.3. The van der Waals surface area contributed by atoms with Gasteiger partial charge in [0.05, 0.1) is 29.7 Å². The minimum Gasteiger partial charge on any atom is -0.446 e. The fraction of sp³-hybridized carbons (Fsp3) is 0.414. The van der Waals surface area contributed by atoms with Gasteiger partial charge in [0.2, 0.25) is 0 Å². The SMILES string of the molecule is Cn1ncc2c1Nc1ccccc1N(C(=O)c1ccc(CNC(=O)OC3CCN(CC4CC4)CC3)cc1F)C2. The Morgan fingerprint density at radius 1 is 1.13 bits per heavy atom. The van der Waals surface area contributed by atoms with E-state index < -0.39 is 17.8 Å². The Kier molecular flexibility index (Phi) is 6.95. The van der Waals surface area contributed by atoms with E-state index in [9.17, 15) is 9.59 Å². The topological polar surface area (TPSA) is 91.7 Å². The highest BCUT2D eigenvalue weighted by molar-refractivity contribution is 6.08. The summed E-state index contributed by atoms with van der Waals surface area (Å²) in [7, 11) is 1.83. The molecular weight excluding hydrogens is 499 g/mol. The zero-order chi connectivity index (χ0) is 26.9. The van der Waals surface area contributed by atoms with Crippen LogP contribution in [0.25, 0.3) is 0 Å². The third-order valence-corrected chi connectivity index (χ3v) is 7.76. The molecule has 10 heteroatoms.